The van der Waals surface area contributed by atoms with Crippen molar-refractivity contribution in [3.05, 3.63) is 102 Å². The Morgan fingerprint density at radius 3 is 2.06 bits per heavy atom. The molecule has 3 aromatic rings. The molecule has 0 spiro atoms. The highest BCUT2D eigenvalue weighted by molar-refractivity contribution is 5.96. The number of hydrogen-bond donors (Lipinski definition) is 3. The Kier molecular flexibility index (Phi) is 7.05. The molecule has 6 nitrogen and oxygen atoms in total. The van der Waals surface area contributed by atoms with Crippen LogP contribution in [0.15, 0.2) is 84.9 Å². The highest BCUT2D eigenvalue weighted by atomic mass is 16.4. The zero-order valence-electron chi connectivity index (χ0n) is 18.4. The molecule has 1 fully saturated rings. The van der Waals surface area contributed by atoms with Crippen molar-refractivity contribution in [1.29, 1.82) is 0 Å². The highest BCUT2D eigenvalue weighted by Gasteiger charge is 2.34. The molecule has 2 amide bonds. The van der Waals surface area contributed by atoms with Crippen molar-refractivity contribution >= 4 is 17.7 Å². The molecule has 0 aliphatic heterocycles. The van der Waals surface area contributed by atoms with Gasteiger partial charge in [-0.1, -0.05) is 72.8 Å². The number of rotatable bonds is 9. The summed E-state index contributed by atoms with van der Waals surface area (Å²) in [6.45, 7) is 0.140. The summed E-state index contributed by atoms with van der Waals surface area (Å²) in [4.78, 5) is 26.7. The van der Waals surface area contributed by atoms with Gasteiger partial charge >= 0.3 is 6.09 Å². The average Bonchev–Trinajstić information content (AvgIpc) is 3.56. The monoisotopic (exact) mass is 443 g/mol. The molecule has 0 radical (unpaired) electrons. The fourth-order valence-electron chi connectivity index (χ4n) is 4.10. The Labute approximate surface area is 194 Å². The number of nitrogens with two attached hydrogens (primary N) is 1. The summed E-state index contributed by atoms with van der Waals surface area (Å²) in [5, 5.41) is 12.9. The van der Waals surface area contributed by atoms with Gasteiger partial charge in [0.15, 0.2) is 0 Å². The summed E-state index contributed by atoms with van der Waals surface area (Å²) in [6.07, 6.45) is 0.838. The van der Waals surface area contributed by atoms with Gasteiger partial charge in [0.2, 0.25) is 5.91 Å². The molecule has 1 aliphatic carbocycles. The van der Waals surface area contributed by atoms with Gasteiger partial charge in [-0.05, 0) is 48.1 Å². The Hall–Kier alpha value is -3.64. The van der Waals surface area contributed by atoms with Crippen molar-refractivity contribution in [2.45, 2.75) is 43.8 Å². The van der Waals surface area contributed by atoms with Crippen LogP contribution in [-0.2, 0) is 17.8 Å². The largest absolute Gasteiger partial charge is 0.465 e. The number of aryl methyl sites for hydroxylation is 1. The van der Waals surface area contributed by atoms with E-state index in [2.05, 4.69) is 5.32 Å². The van der Waals surface area contributed by atoms with Crippen molar-refractivity contribution in [3.63, 3.8) is 0 Å². The van der Waals surface area contributed by atoms with Crippen LogP contribution >= 0.6 is 0 Å². The minimum Gasteiger partial charge on any atom is -0.465 e. The first-order valence-electron chi connectivity index (χ1n) is 11.2. The second kappa shape index (κ2) is 10.3. The van der Waals surface area contributed by atoms with E-state index in [-0.39, 0.29) is 18.5 Å². The van der Waals surface area contributed by atoms with E-state index < -0.39 is 12.1 Å². The topological polar surface area (TPSA) is 95.7 Å². The number of nitrogens with one attached hydrogen (secondary N) is 1. The molecule has 170 valence electrons. The fraction of sp³-hybridized carbons (Fsp3) is 0.259. The molecule has 3 atom stereocenters. The lowest BCUT2D eigenvalue weighted by atomic mass is 10.0. The van der Waals surface area contributed by atoms with Gasteiger partial charge in [0.25, 0.3) is 0 Å². The van der Waals surface area contributed by atoms with Crippen LogP contribution < -0.4 is 11.1 Å². The number of amides is 2. The second-order valence-electron chi connectivity index (χ2n) is 8.55. The number of anilines is 1. The van der Waals surface area contributed by atoms with E-state index in [0.29, 0.717) is 24.4 Å². The van der Waals surface area contributed by atoms with E-state index in [1.807, 2.05) is 84.9 Å². The van der Waals surface area contributed by atoms with Crippen LogP contribution in [0.5, 0.6) is 0 Å². The lowest BCUT2D eigenvalue weighted by molar-refractivity contribution is -0.121. The maximum Gasteiger partial charge on any atom is 0.408 e. The third kappa shape index (κ3) is 5.99. The van der Waals surface area contributed by atoms with Gasteiger partial charge in [-0.2, -0.15) is 0 Å². The molecule has 4 N–H and O–H groups in total. The molecule has 33 heavy (non-hydrogen) atoms. The lowest BCUT2D eigenvalue weighted by Gasteiger charge is -2.29. The molecule has 6 heteroatoms. The van der Waals surface area contributed by atoms with Crippen molar-refractivity contribution in [1.82, 2.24) is 4.90 Å². The molecule has 1 saturated carbocycles. The maximum absolute atomic E-state index is 13.3. The first-order chi connectivity index (χ1) is 16.0. The zero-order chi connectivity index (χ0) is 23.2. The van der Waals surface area contributed by atoms with E-state index in [1.54, 1.807) is 0 Å². The molecule has 1 unspecified atom stereocenters. The molecule has 0 bridgehead atoms. The van der Waals surface area contributed by atoms with E-state index in [4.69, 9.17) is 5.73 Å². The zero-order valence-corrected chi connectivity index (χ0v) is 18.4. The smallest absolute Gasteiger partial charge is 0.408 e. The van der Waals surface area contributed by atoms with Gasteiger partial charge in [-0.15, -0.1) is 0 Å². The molecular formula is C27H29N3O3. The first kappa shape index (κ1) is 22.6. The standard InChI is InChI=1S/C27H29N3O3/c28-24-17-23(24)21-12-14-22(15-13-21)29-26(31)25(16-11-19-7-3-1-4-8-19)30(27(32)33)18-20-9-5-2-6-10-20/h1-10,12-15,23-25H,11,16-18,28H2,(H,29,31)(H,32,33)/t23-,24+,25?/m0/s1. The number of hydrogen-bond acceptors (Lipinski definition) is 3. The van der Waals surface area contributed by atoms with Crippen LogP contribution in [0.25, 0.3) is 0 Å². The normalized spacial score (nSPS) is 17.7. The van der Waals surface area contributed by atoms with E-state index in [1.165, 1.54) is 4.90 Å². The number of benzene rings is 3. The Bertz CT molecular complexity index is 1070. The number of carbonyl (C=O) groups excluding carboxylic acids is 1. The molecule has 1 aliphatic rings. The predicted octanol–water partition coefficient (Wildman–Crippen LogP) is 4.62. The number of carboxylic acid groups (broad SMARTS) is 1. The van der Waals surface area contributed by atoms with Gasteiger partial charge < -0.3 is 16.2 Å². The van der Waals surface area contributed by atoms with E-state index in [0.717, 1.165) is 23.1 Å². The van der Waals surface area contributed by atoms with E-state index in [9.17, 15) is 14.7 Å². The van der Waals surface area contributed by atoms with Gasteiger partial charge in [-0.25, -0.2) is 4.79 Å². The van der Waals surface area contributed by atoms with Crippen LogP contribution in [0.1, 0.15) is 35.4 Å². The number of carbonyl (C=O) groups is 2. The quantitative estimate of drug-likeness (QED) is 0.450. The van der Waals surface area contributed by atoms with Crippen LogP contribution in [0.4, 0.5) is 10.5 Å². The number of nitrogens with zero attached hydrogens (tertiary/aromatic N) is 1. The average molecular weight is 444 g/mol. The maximum atomic E-state index is 13.3. The third-order valence-corrected chi connectivity index (χ3v) is 6.12. The van der Waals surface area contributed by atoms with Gasteiger partial charge in [0, 0.05) is 24.2 Å². The summed E-state index contributed by atoms with van der Waals surface area (Å²) in [5.74, 6) is 0.0573. The third-order valence-electron chi connectivity index (χ3n) is 6.12. The van der Waals surface area contributed by atoms with Crippen molar-refractivity contribution < 1.29 is 14.7 Å². The molecule has 0 saturated heterocycles. The minimum atomic E-state index is -1.12. The molecular weight excluding hydrogens is 414 g/mol. The Morgan fingerprint density at radius 1 is 0.939 bits per heavy atom. The van der Waals surface area contributed by atoms with Gasteiger partial charge in [0.05, 0.1) is 0 Å². The van der Waals surface area contributed by atoms with Gasteiger partial charge in [-0.3, -0.25) is 9.69 Å². The van der Waals surface area contributed by atoms with Gasteiger partial charge in [0.1, 0.15) is 6.04 Å². The van der Waals surface area contributed by atoms with Crippen molar-refractivity contribution in [2.24, 2.45) is 5.73 Å². The second-order valence-corrected chi connectivity index (χ2v) is 8.55. The summed E-state index contributed by atoms with van der Waals surface area (Å²) in [7, 11) is 0. The molecule has 0 aromatic heterocycles. The Balaban J connectivity index is 1.52. The SMILES string of the molecule is N[C@@H]1C[C@H]1c1ccc(NC(=O)C(CCc2ccccc2)N(Cc2ccccc2)C(=O)O)cc1. The molecule has 0 heterocycles. The van der Waals surface area contributed by atoms with Crippen LogP contribution in [0, 0.1) is 0 Å². The minimum absolute atomic E-state index is 0.140. The predicted molar refractivity (Wildman–Crippen MR) is 129 cm³/mol. The van der Waals surface area contributed by atoms with E-state index >= 15 is 0 Å². The summed E-state index contributed by atoms with van der Waals surface area (Å²) < 4.78 is 0. The van der Waals surface area contributed by atoms with Crippen molar-refractivity contribution in [2.75, 3.05) is 5.32 Å². The lowest BCUT2D eigenvalue weighted by Crippen LogP contribution is -2.46. The molecule has 4 rings (SSSR count). The molecule has 3 aromatic carbocycles. The summed E-state index contributed by atoms with van der Waals surface area (Å²) in [6, 6.07) is 26.2. The van der Waals surface area contributed by atoms with Crippen molar-refractivity contribution in [3.8, 4) is 0 Å². The summed E-state index contributed by atoms with van der Waals surface area (Å²) in [5.41, 5.74) is 9.64. The Morgan fingerprint density at radius 2 is 1.52 bits per heavy atom. The van der Waals surface area contributed by atoms with Crippen LogP contribution in [0.2, 0.25) is 0 Å². The highest BCUT2D eigenvalue weighted by Crippen LogP contribution is 2.39. The first-order valence-corrected chi connectivity index (χ1v) is 11.2. The fourth-order valence-corrected chi connectivity index (χ4v) is 4.10. The van der Waals surface area contributed by atoms with Crippen LogP contribution in [0.3, 0.4) is 0 Å². The van der Waals surface area contributed by atoms with Crippen LogP contribution in [-0.4, -0.2) is 34.1 Å². The summed E-state index contributed by atoms with van der Waals surface area (Å²) >= 11 is 0.